The van der Waals surface area contributed by atoms with Crippen LogP contribution in [-0.2, 0) is 11.8 Å². The molecule has 0 fully saturated rings. The lowest BCUT2D eigenvalue weighted by Gasteiger charge is -1.98. The Morgan fingerprint density at radius 1 is 1.00 bits per heavy atom. The Kier molecular flexibility index (Phi) is 2.49. The number of aromatic nitrogens is 1. The van der Waals surface area contributed by atoms with Crippen LogP contribution >= 0.6 is 0 Å². The second-order valence-electron chi connectivity index (χ2n) is 4.35. The van der Waals surface area contributed by atoms with Gasteiger partial charge in [0.2, 0.25) is 0 Å². The number of benzene rings is 2. The lowest BCUT2D eigenvalue weighted by atomic mass is 10.1. The quantitative estimate of drug-likeness (QED) is 0.492. The number of nitrogens with zero attached hydrogens (tertiary/aromatic N) is 1. The van der Waals surface area contributed by atoms with Crippen molar-refractivity contribution in [3.05, 3.63) is 54.1 Å². The molecule has 1 aromatic heterocycles. The molecular formula is C16H13NO. The first-order valence-electron chi connectivity index (χ1n) is 5.90. The van der Waals surface area contributed by atoms with Gasteiger partial charge in [-0.2, -0.15) is 0 Å². The van der Waals surface area contributed by atoms with Gasteiger partial charge < -0.3 is 4.57 Å². The van der Waals surface area contributed by atoms with Crippen molar-refractivity contribution in [3.8, 4) is 0 Å². The van der Waals surface area contributed by atoms with Crippen LogP contribution < -0.4 is 0 Å². The highest BCUT2D eigenvalue weighted by molar-refractivity contribution is 6.08. The molecule has 0 aliphatic heterocycles. The fourth-order valence-electron chi connectivity index (χ4n) is 2.44. The number of aryl methyl sites for hydroxylation is 1. The minimum atomic E-state index is 0.799. The molecule has 0 atom stereocenters. The maximum absolute atomic E-state index is 10.4. The molecule has 0 bridgehead atoms. The van der Waals surface area contributed by atoms with Crippen LogP contribution in [0.25, 0.3) is 27.9 Å². The monoisotopic (exact) mass is 235 g/mol. The van der Waals surface area contributed by atoms with Gasteiger partial charge in [0.15, 0.2) is 0 Å². The van der Waals surface area contributed by atoms with E-state index in [1.807, 2.05) is 12.1 Å². The topological polar surface area (TPSA) is 22.0 Å². The standard InChI is InChI=1S/C16H13NO/c1-17-15-7-3-2-6-13(15)14-11-12(5-4-10-18)8-9-16(14)17/h2-11H,1H3/b5-4+. The van der Waals surface area contributed by atoms with Crippen LogP contribution in [0.3, 0.4) is 0 Å². The first kappa shape index (κ1) is 10.8. The van der Waals surface area contributed by atoms with E-state index in [4.69, 9.17) is 0 Å². The van der Waals surface area contributed by atoms with Crippen LogP contribution in [0.4, 0.5) is 0 Å². The van der Waals surface area contributed by atoms with Crippen LogP contribution in [0.1, 0.15) is 5.56 Å². The highest BCUT2D eigenvalue weighted by Gasteiger charge is 2.06. The molecule has 0 spiro atoms. The van der Waals surface area contributed by atoms with Gasteiger partial charge in [0.05, 0.1) is 0 Å². The summed E-state index contributed by atoms with van der Waals surface area (Å²) < 4.78 is 2.19. The van der Waals surface area contributed by atoms with Crippen LogP contribution in [0.2, 0.25) is 0 Å². The fraction of sp³-hybridized carbons (Fsp3) is 0.0625. The number of para-hydroxylation sites is 1. The van der Waals surface area contributed by atoms with Crippen molar-refractivity contribution in [2.24, 2.45) is 7.05 Å². The first-order valence-corrected chi connectivity index (χ1v) is 5.90. The van der Waals surface area contributed by atoms with Gasteiger partial charge in [-0.05, 0) is 29.8 Å². The first-order chi connectivity index (χ1) is 8.81. The third-order valence-corrected chi connectivity index (χ3v) is 3.30. The van der Waals surface area contributed by atoms with E-state index >= 15 is 0 Å². The molecule has 0 unspecified atom stereocenters. The third kappa shape index (κ3) is 1.54. The molecule has 18 heavy (non-hydrogen) atoms. The predicted octanol–water partition coefficient (Wildman–Crippen LogP) is 3.54. The minimum Gasteiger partial charge on any atom is -0.344 e. The molecule has 3 aromatic rings. The molecule has 88 valence electrons. The number of rotatable bonds is 2. The number of carbonyl (C=O) groups is 1. The van der Waals surface area contributed by atoms with E-state index in [0.29, 0.717) is 0 Å². The summed E-state index contributed by atoms with van der Waals surface area (Å²) in [5, 5.41) is 2.47. The lowest BCUT2D eigenvalue weighted by Crippen LogP contribution is -1.85. The van der Waals surface area contributed by atoms with Crippen molar-refractivity contribution in [2.75, 3.05) is 0 Å². The van der Waals surface area contributed by atoms with Gasteiger partial charge in [-0.1, -0.05) is 30.3 Å². The second kappa shape index (κ2) is 4.15. The molecule has 0 aliphatic carbocycles. The van der Waals surface area contributed by atoms with Crippen LogP contribution in [0.5, 0.6) is 0 Å². The van der Waals surface area contributed by atoms with E-state index < -0.39 is 0 Å². The summed E-state index contributed by atoms with van der Waals surface area (Å²) in [6.07, 6.45) is 4.15. The van der Waals surface area contributed by atoms with Crippen molar-refractivity contribution in [2.45, 2.75) is 0 Å². The predicted molar refractivity (Wildman–Crippen MR) is 75.5 cm³/mol. The highest BCUT2D eigenvalue weighted by Crippen LogP contribution is 2.28. The molecule has 0 saturated carbocycles. The Labute approximate surface area is 105 Å². The van der Waals surface area contributed by atoms with E-state index in [2.05, 4.69) is 48.0 Å². The number of fused-ring (bicyclic) bond motifs is 3. The van der Waals surface area contributed by atoms with Gasteiger partial charge in [0.1, 0.15) is 6.29 Å². The summed E-state index contributed by atoms with van der Waals surface area (Å²) in [6.45, 7) is 0. The van der Waals surface area contributed by atoms with E-state index in [9.17, 15) is 4.79 Å². The summed E-state index contributed by atoms with van der Waals surface area (Å²) in [5.41, 5.74) is 3.48. The Morgan fingerprint density at radius 3 is 2.61 bits per heavy atom. The van der Waals surface area contributed by atoms with E-state index in [0.717, 1.165) is 11.8 Å². The van der Waals surface area contributed by atoms with E-state index in [1.54, 1.807) is 0 Å². The number of hydrogen-bond acceptors (Lipinski definition) is 1. The molecule has 0 N–H and O–H groups in total. The van der Waals surface area contributed by atoms with Gasteiger partial charge >= 0.3 is 0 Å². The fourth-order valence-corrected chi connectivity index (χ4v) is 2.44. The van der Waals surface area contributed by atoms with Gasteiger partial charge in [-0.25, -0.2) is 0 Å². The number of hydrogen-bond donors (Lipinski definition) is 0. The summed E-state index contributed by atoms with van der Waals surface area (Å²) in [6, 6.07) is 14.6. The molecule has 2 aromatic carbocycles. The zero-order valence-electron chi connectivity index (χ0n) is 10.1. The van der Waals surface area contributed by atoms with Gasteiger partial charge in [-0.15, -0.1) is 0 Å². The lowest BCUT2D eigenvalue weighted by molar-refractivity contribution is -0.104. The Hall–Kier alpha value is -2.35. The maximum Gasteiger partial charge on any atom is 0.142 e. The molecule has 1 heterocycles. The largest absolute Gasteiger partial charge is 0.344 e. The molecule has 0 radical (unpaired) electrons. The Balaban J connectivity index is 2.36. The van der Waals surface area contributed by atoms with Crippen molar-refractivity contribution in [3.63, 3.8) is 0 Å². The zero-order valence-corrected chi connectivity index (χ0v) is 10.1. The van der Waals surface area contributed by atoms with Crippen molar-refractivity contribution < 1.29 is 4.79 Å². The van der Waals surface area contributed by atoms with Gasteiger partial charge in [0, 0.05) is 28.9 Å². The molecule has 0 amide bonds. The molecule has 0 saturated heterocycles. The summed E-state index contributed by atoms with van der Waals surface area (Å²) in [4.78, 5) is 10.4. The highest BCUT2D eigenvalue weighted by atomic mass is 16.1. The Bertz CT molecular complexity index is 765. The summed E-state index contributed by atoms with van der Waals surface area (Å²) in [7, 11) is 2.08. The van der Waals surface area contributed by atoms with E-state index in [-0.39, 0.29) is 0 Å². The van der Waals surface area contributed by atoms with Crippen molar-refractivity contribution in [1.29, 1.82) is 0 Å². The van der Waals surface area contributed by atoms with Gasteiger partial charge in [0.25, 0.3) is 0 Å². The SMILES string of the molecule is Cn1c2ccccc2c2cc(/C=C/C=O)ccc21. The van der Waals surface area contributed by atoms with Crippen LogP contribution in [0.15, 0.2) is 48.5 Å². The number of carbonyl (C=O) groups excluding carboxylic acids is 1. The molecule has 2 heteroatoms. The Morgan fingerprint density at radius 2 is 1.78 bits per heavy atom. The molecule has 2 nitrogen and oxygen atoms in total. The van der Waals surface area contributed by atoms with Crippen LogP contribution in [-0.4, -0.2) is 10.9 Å². The zero-order chi connectivity index (χ0) is 12.5. The van der Waals surface area contributed by atoms with Crippen LogP contribution in [0, 0.1) is 0 Å². The smallest absolute Gasteiger partial charge is 0.142 e. The second-order valence-corrected chi connectivity index (χ2v) is 4.35. The third-order valence-electron chi connectivity index (χ3n) is 3.30. The average molecular weight is 235 g/mol. The van der Waals surface area contributed by atoms with Gasteiger partial charge in [-0.3, -0.25) is 4.79 Å². The normalized spacial score (nSPS) is 11.6. The molecular weight excluding hydrogens is 222 g/mol. The van der Waals surface area contributed by atoms with E-state index in [1.165, 1.54) is 27.9 Å². The van der Waals surface area contributed by atoms with Crippen molar-refractivity contribution >= 4 is 34.2 Å². The minimum absolute atomic E-state index is 0.799. The average Bonchev–Trinajstić information content (AvgIpc) is 2.71. The number of aldehydes is 1. The summed E-state index contributed by atoms with van der Waals surface area (Å²) >= 11 is 0. The molecule has 0 aliphatic rings. The molecule has 3 rings (SSSR count). The summed E-state index contributed by atoms with van der Waals surface area (Å²) in [5.74, 6) is 0. The van der Waals surface area contributed by atoms with Crippen molar-refractivity contribution in [1.82, 2.24) is 4.57 Å². The number of allylic oxidation sites excluding steroid dienone is 1. The maximum atomic E-state index is 10.4.